The molecule has 148 valence electrons. The highest BCUT2D eigenvalue weighted by atomic mass is 35.5. The lowest BCUT2D eigenvalue weighted by Gasteiger charge is -2.32. The van der Waals surface area contributed by atoms with Gasteiger partial charge in [0.1, 0.15) is 0 Å². The minimum absolute atomic E-state index is 0.136. The van der Waals surface area contributed by atoms with E-state index < -0.39 is 11.9 Å². The third-order valence-corrected chi connectivity index (χ3v) is 5.47. The van der Waals surface area contributed by atoms with Crippen LogP contribution in [0.25, 0.3) is 11.1 Å². The minimum Gasteiger partial charge on any atom is -0.455 e. The van der Waals surface area contributed by atoms with Crippen molar-refractivity contribution < 1.29 is 14.3 Å². The number of nitrogens with zero attached hydrogens (tertiary/aromatic N) is 2. The summed E-state index contributed by atoms with van der Waals surface area (Å²) in [5.74, 6) is -0.976. The van der Waals surface area contributed by atoms with Gasteiger partial charge in [0.25, 0.3) is 5.91 Å². The Hall–Kier alpha value is -2.37. The summed E-state index contributed by atoms with van der Waals surface area (Å²) in [7, 11) is 2.03. The lowest BCUT2D eigenvalue weighted by molar-refractivity contribution is -0.153. The Bertz CT molecular complexity index is 830. The van der Waals surface area contributed by atoms with Crippen molar-refractivity contribution in [1.29, 1.82) is 0 Å². The second kappa shape index (κ2) is 9.22. The van der Waals surface area contributed by atoms with Gasteiger partial charge in [0, 0.05) is 36.8 Å². The molecule has 2 aromatic rings. The van der Waals surface area contributed by atoms with Crippen molar-refractivity contribution in [3.8, 4) is 11.1 Å². The molecule has 28 heavy (non-hydrogen) atoms. The first kappa shape index (κ1) is 20.4. The second-order valence-corrected chi connectivity index (χ2v) is 7.52. The Kier molecular flexibility index (Phi) is 6.70. The van der Waals surface area contributed by atoms with Gasteiger partial charge in [0.15, 0.2) is 6.61 Å². The summed E-state index contributed by atoms with van der Waals surface area (Å²) in [4.78, 5) is 28.5. The van der Waals surface area contributed by atoms with Gasteiger partial charge in [-0.25, -0.2) is 0 Å². The fraction of sp³-hybridized carbons (Fsp3) is 0.364. The summed E-state index contributed by atoms with van der Waals surface area (Å²) in [6.07, 6.45) is 0. The number of hydrogen-bond acceptors (Lipinski definition) is 4. The van der Waals surface area contributed by atoms with Gasteiger partial charge in [0.05, 0.1) is 5.92 Å². The first-order valence-electron chi connectivity index (χ1n) is 9.43. The maximum atomic E-state index is 12.4. The van der Waals surface area contributed by atoms with Gasteiger partial charge in [-0.2, -0.15) is 0 Å². The van der Waals surface area contributed by atoms with E-state index >= 15 is 0 Å². The standard InChI is InChI=1S/C22H25ClN2O3/c1-16(22(27)28-15-21(26)25-13-11-24(2)12-14-25)17-7-9-18(10-8-17)19-5-3-4-6-20(19)23/h3-10,16H,11-15H2,1-2H3/t16-/m1/s1. The number of likely N-dealkylation sites (N-methyl/N-ethyl adjacent to an activating group) is 1. The van der Waals surface area contributed by atoms with Crippen LogP contribution in [-0.4, -0.2) is 61.5 Å². The van der Waals surface area contributed by atoms with Crippen LogP contribution in [0, 0.1) is 0 Å². The average Bonchev–Trinajstić information content (AvgIpc) is 2.72. The predicted molar refractivity (Wildman–Crippen MR) is 110 cm³/mol. The van der Waals surface area contributed by atoms with Gasteiger partial charge in [0.2, 0.25) is 0 Å². The number of hydrogen-bond donors (Lipinski definition) is 0. The van der Waals surface area contributed by atoms with Crippen molar-refractivity contribution >= 4 is 23.5 Å². The molecule has 1 heterocycles. The highest BCUT2D eigenvalue weighted by molar-refractivity contribution is 6.33. The zero-order valence-corrected chi connectivity index (χ0v) is 17.0. The molecular weight excluding hydrogens is 376 g/mol. The first-order chi connectivity index (χ1) is 13.5. The quantitative estimate of drug-likeness (QED) is 0.721. The Balaban J connectivity index is 1.56. The topological polar surface area (TPSA) is 49.9 Å². The summed E-state index contributed by atoms with van der Waals surface area (Å²) >= 11 is 6.24. The van der Waals surface area contributed by atoms with Crippen LogP contribution >= 0.6 is 11.6 Å². The van der Waals surface area contributed by atoms with Gasteiger partial charge in [-0.3, -0.25) is 9.59 Å². The van der Waals surface area contributed by atoms with E-state index in [1.807, 2.05) is 55.6 Å². The van der Waals surface area contributed by atoms with Crippen molar-refractivity contribution in [3.05, 3.63) is 59.1 Å². The maximum absolute atomic E-state index is 12.4. The molecule has 0 aliphatic carbocycles. The molecule has 1 saturated heterocycles. The van der Waals surface area contributed by atoms with Crippen molar-refractivity contribution in [1.82, 2.24) is 9.80 Å². The van der Waals surface area contributed by atoms with Gasteiger partial charge >= 0.3 is 5.97 Å². The Morgan fingerprint density at radius 1 is 1.04 bits per heavy atom. The number of esters is 1. The summed E-state index contributed by atoms with van der Waals surface area (Å²) in [5, 5.41) is 0.685. The third-order valence-electron chi connectivity index (χ3n) is 5.14. The number of halogens is 1. The number of benzene rings is 2. The molecule has 0 aromatic heterocycles. The van der Waals surface area contributed by atoms with Crippen LogP contribution in [0.5, 0.6) is 0 Å². The smallest absolute Gasteiger partial charge is 0.313 e. The SMILES string of the molecule is C[C@@H](C(=O)OCC(=O)N1CCN(C)CC1)c1ccc(-c2ccccc2Cl)cc1. The molecule has 0 radical (unpaired) electrons. The zero-order valence-electron chi connectivity index (χ0n) is 16.2. The van der Waals surface area contributed by atoms with Crippen molar-refractivity contribution in [2.45, 2.75) is 12.8 Å². The van der Waals surface area contributed by atoms with E-state index in [9.17, 15) is 9.59 Å². The van der Waals surface area contributed by atoms with Crippen LogP contribution in [0.3, 0.4) is 0 Å². The molecule has 1 atom stereocenters. The molecule has 2 aromatic carbocycles. The number of rotatable bonds is 5. The van der Waals surface area contributed by atoms with E-state index in [0.717, 1.165) is 29.8 Å². The molecule has 1 aliphatic heterocycles. The van der Waals surface area contributed by atoms with E-state index in [-0.39, 0.29) is 12.5 Å². The monoisotopic (exact) mass is 400 g/mol. The maximum Gasteiger partial charge on any atom is 0.313 e. The van der Waals surface area contributed by atoms with Crippen LogP contribution in [0.1, 0.15) is 18.4 Å². The highest BCUT2D eigenvalue weighted by Crippen LogP contribution is 2.29. The van der Waals surface area contributed by atoms with Crippen LogP contribution in [-0.2, 0) is 14.3 Å². The van der Waals surface area contributed by atoms with E-state index in [0.29, 0.717) is 18.1 Å². The number of piperazine rings is 1. The van der Waals surface area contributed by atoms with Gasteiger partial charge in [-0.05, 0) is 31.2 Å². The molecule has 1 fully saturated rings. The summed E-state index contributed by atoms with van der Waals surface area (Å²) in [6, 6.07) is 15.3. The summed E-state index contributed by atoms with van der Waals surface area (Å²) in [6.45, 7) is 4.61. The van der Waals surface area contributed by atoms with Crippen molar-refractivity contribution in [2.24, 2.45) is 0 Å². The van der Waals surface area contributed by atoms with Crippen LogP contribution in [0.4, 0.5) is 0 Å². The largest absolute Gasteiger partial charge is 0.455 e. The molecule has 1 amide bonds. The molecule has 0 N–H and O–H groups in total. The normalized spacial score (nSPS) is 15.9. The molecule has 0 unspecified atom stereocenters. The fourth-order valence-corrected chi connectivity index (χ4v) is 3.43. The average molecular weight is 401 g/mol. The Labute approximate surface area is 170 Å². The fourth-order valence-electron chi connectivity index (χ4n) is 3.19. The van der Waals surface area contributed by atoms with E-state index in [4.69, 9.17) is 16.3 Å². The van der Waals surface area contributed by atoms with Crippen LogP contribution in [0.15, 0.2) is 48.5 Å². The number of carbonyl (C=O) groups excluding carboxylic acids is 2. The molecule has 0 bridgehead atoms. The second-order valence-electron chi connectivity index (χ2n) is 7.12. The first-order valence-corrected chi connectivity index (χ1v) is 9.81. The van der Waals surface area contributed by atoms with Crippen molar-refractivity contribution in [2.75, 3.05) is 39.8 Å². The zero-order chi connectivity index (χ0) is 20.1. The van der Waals surface area contributed by atoms with E-state index in [1.54, 1.807) is 11.8 Å². The molecule has 3 rings (SSSR count). The molecule has 0 spiro atoms. The van der Waals surface area contributed by atoms with E-state index in [1.165, 1.54) is 0 Å². The van der Waals surface area contributed by atoms with Gasteiger partial charge in [-0.1, -0.05) is 54.1 Å². The molecule has 0 saturated carbocycles. The Morgan fingerprint density at radius 2 is 1.68 bits per heavy atom. The number of carbonyl (C=O) groups is 2. The lowest BCUT2D eigenvalue weighted by atomic mass is 9.97. The number of amides is 1. The molecular formula is C22H25ClN2O3. The van der Waals surface area contributed by atoms with Crippen molar-refractivity contribution in [3.63, 3.8) is 0 Å². The molecule has 1 aliphatic rings. The van der Waals surface area contributed by atoms with Crippen LogP contribution in [0.2, 0.25) is 5.02 Å². The number of ether oxygens (including phenoxy) is 1. The summed E-state index contributed by atoms with van der Waals surface area (Å²) in [5.41, 5.74) is 2.77. The Morgan fingerprint density at radius 3 is 2.32 bits per heavy atom. The molecule has 5 nitrogen and oxygen atoms in total. The van der Waals surface area contributed by atoms with E-state index in [2.05, 4.69) is 4.90 Å². The van der Waals surface area contributed by atoms with Gasteiger partial charge in [-0.15, -0.1) is 0 Å². The lowest BCUT2D eigenvalue weighted by Crippen LogP contribution is -2.48. The summed E-state index contributed by atoms with van der Waals surface area (Å²) < 4.78 is 5.27. The highest BCUT2D eigenvalue weighted by Gasteiger charge is 2.22. The van der Waals surface area contributed by atoms with Gasteiger partial charge < -0.3 is 14.5 Å². The minimum atomic E-state index is -0.444. The third kappa shape index (κ3) is 4.91. The molecule has 6 heteroatoms. The predicted octanol–water partition coefficient (Wildman–Crippen LogP) is 3.43. The van der Waals surface area contributed by atoms with Crippen LogP contribution < -0.4 is 0 Å².